The summed E-state index contributed by atoms with van der Waals surface area (Å²) in [6.07, 6.45) is 1.48. The van der Waals surface area contributed by atoms with Gasteiger partial charge in [0.2, 0.25) is 0 Å². The van der Waals surface area contributed by atoms with Crippen molar-refractivity contribution in [1.82, 2.24) is 0 Å². The molecule has 2 rings (SSSR count). The van der Waals surface area contributed by atoms with Gasteiger partial charge in [-0.2, -0.15) is 0 Å². The van der Waals surface area contributed by atoms with Crippen LogP contribution in [0.25, 0.3) is 0 Å². The van der Waals surface area contributed by atoms with E-state index >= 15 is 0 Å². The number of fused-ring (bicyclic) bond motifs is 1. The molecule has 88 valence electrons. The third-order valence-electron chi connectivity index (χ3n) is 3.48. The molecule has 0 aromatic rings. The molecule has 5 nitrogen and oxygen atoms in total. The molecule has 0 radical (unpaired) electrons. The third kappa shape index (κ3) is 1.17. The van der Waals surface area contributed by atoms with E-state index in [2.05, 4.69) is 0 Å². The lowest BCUT2D eigenvalue weighted by Gasteiger charge is -2.52. The van der Waals surface area contributed by atoms with E-state index in [0.29, 0.717) is 19.4 Å². The van der Waals surface area contributed by atoms with Crippen molar-refractivity contribution in [2.75, 3.05) is 12.9 Å². The van der Waals surface area contributed by atoms with Crippen molar-refractivity contribution in [3.63, 3.8) is 0 Å². The molecule has 0 spiro atoms. The Hall–Kier alpha value is -0.140. The van der Waals surface area contributed by atoms with Gasteiger partial charge in [-0.1, -0.05) is 0 Å². The van der Waals surface area contributed by atoms with Crippen LogP contribution in [-0.4, -0.2) is 45.1 Å². The molecule has 0 bridgehead atoms. The Kier molecular flexibility index (Phi) is 2.23. The second kappa shape index (κ2) is 2.95. The average molecular weight is 254 g/mol. The van der Waals surface area contributed by atoms with Crippen LogP contribution in [0.1, 0.15) is 19.8 Å². The van der Waals surface area contributed by atoms with Crippen LogP contribution in [0.5, 0.6) is 0 Å². The minimum atomic E-state index is -3.66. The molecule has 0 aromatic heterocycles. The van der Waals surface area contributed by atoms with Crippen molar-refractivity contribution < 1.29 is 21.6 Å². The molecule has 2 heterocycles. The first-order valence-electron chi connectivity index (χ1n) is 4.77. The summed E-state index contributed by atoms with van der Waals surface area (Å²) < 4.78 is 50.4. The van der Waals surface area contributed by atoms with Gasteiger partial charge in [-0.3, -0.25) is 0 Å². The smallest absolute Gasteiger partial charge is 0.197 e. The number of sulfone groups is 2. The van der Waals surface area contributed by atoms with Gasteiger partial charge in [-0.25, -0.2) is 16.8 Å². The zero-order valence-corrected chi connectivity index (χ0v) is 10.3. The van der Waals surface area contributed by atoms with Crippen molar-refractivity contribution >= 4 is 19.7 Å². The van der Waals surface area contributed by atoms with Crippen molar-refractivity contribution in [3.05, 3.63) is 0 Å². The fourth-order valence-corrected chi connectivity index (χ4v) is 7.26. The summed E-state index contributed by atoms with van der Waals surface area (Å²) in [7, 11) is -7.25. The molecule has 0 unspecified atom stereocenters. The van der Waals surface area contributed by atoms with E-state index < -0.39 is 35.1 Å². The van der Waals surface area contributed by atoms with E-state index in [9.17, 15) is 16.8 Å². The zero-order valence-electron chi connectivity index (χ0n) is 8.63. The van der Waals surface area contributed by atoms with Gasteiger partial charge in [-0.15, -0.1) is 0 Å². The Balaban J connectivity index is 2.51. The Labute approximate surface area is 89.6 Å². The van der Waals surface area contributed by atoms with Crippen LogP contribution in [0.4, 0.5) is 0 Å². The highest BCUT2D eigenvalue weighted by molar-refractivity contribution is 8.11. The van der Waals surface area contributed by atoms with Gasteiger partial charge in [0.25, 0.3) is 0 Å². The quantitative estimate of drug-likeness (QED) is 0.643. The van der Waals surface area contributed by atoms with Crippen LogP contribution >= 0.6 is 0 Å². The van der Waals surface area contributed by atoms with Gasteiger partial charge in [0.05, 0.1) is 5.25 Å². The number of rotatable bonds is 1. The summed E-state index contributed by atoms with van der Waals surface area (Å²) in [5.41, 5.74) is 0. The maximum atomic E-state index is 11.9. The van der Waals surface area contributed by atoms with Gasteiger partial charge in [0, 0.05) is 12.9 Å². The van der Waals surface area contributed by atoms with E-state index in [4.69, 9.17) is 4.74 Å². The predicted molar refractivity (Wildman–Crippen MR) is 54.9 cm³/mol. The first-order chi connectivity index (χ1) is 6.73. The molecule has 2 fully saturated rings. The molecular weight excluding hydrogens is 240 g/mol. The minimum absolute atomic E-state index is 0.446. The average Bonchev–Trinajstić information content (AvgIpc) is 2.15. The summed E-state index contributed by atoms with van der Waals surface area (Å²) in [6.45, 7) is 1.70. The van der Waals surface area contributed by atoms with Crippen LogP contribution in [0, 0.1) is 0 Å². The summed E-state index contributed by atoms with van der Waals surface area (Å²) in [4.78, 5) is 0. The van der Waals surface area contributed by atoms with Crippen LogP contribution in [0.15, 0.2) is 0 Å². The summed E-state index contributed by atoms with van der Waals surface area (Å²) >= 11 is 0. The second-order valence-corrected chi connectivity index (χ2v) is 9.50. The fraction of sp³-hybridized carbons (Fsp3) is 1.00. The van der Waals surface area contributed by atoms with Crippen molar-refractivity contribution in [2.24, 2.45) is 0 Å². The molecular formula is C8H14O5S2. The molecule has 0 N–H and O–H groups in total. The SMILES string of the molecule is C[C@]1(S(C)(=O)=O)[C@@H]2OCCC[C@@H]2S1(=O)=O. The molecule has 2 aliphatic heterocycles. The third-order valence-corrected chi connectivity index (χ3v) is 9.44. The zero-order chi connectivity index (χ0) is 11.5. The monoisotopic (exact) mass is 254 g/mol. The summed E-state index contributed by atoms with van der Waals surface area (Å²) in [5.74, 6) is 0. The molecule has 0 aromatic carbocycles. The predicted octanol–water partition coefficient (Wildman–Crippen LogP) is -0.277. The normalized spacial score (nSPS) is 44.1. The Morgan fingerprint density at radius 1 is 1.40 bits per heavy atom. The Morgan fingerprint density at radius 2 is 2.00 bits per heavy atom. The van der Waals surface area contributed by atoms with Gasteiger partial charge < -0.3 is 4.74 Å². The van der Waals surface area contributed by atoms with E-state index in [1.807, 2.05) is 0 Å². The lowest BCUT2D eigenvalue weighted by Crippen LogP contribution is -2.73. The first-order valence-corrected chi connectivity index (χ1v) is 8.21. The molecule has 15 heavy (non-hydrogen) atoms. The first kappa shape index (κ1) is 11.3. The van der Waals surface area contributed by atoms with Crippen LogP contribution in [0.3, 0.4) is 0 Å². The topological polar surface area (TPSA) is 77.5 Å². The van der Waals surface area contributed by atoms with Gasteiger partial charge >= 0.3 is 0 Å². The molecule has 3 atom stereocenters. The van der Waals surface area contributed by atoms with Gasteiger partial charge in [0.15, 0.2) is 23.8 Å². The van der Waals surface area contributed by atoms with Crippen LogP contribution in [0.2, 0.25) is 0 Å². The number of hydrogen-bond acceptors (Lipinski definition) is 5. The molecule has 0 aliphatic carbocycles. The Bertz CT molecular complexity index is 477. The van der Waals surface area contributed by atoms with E-state index in [0.717, 1.165) is 6.26 Å². The largest absolute Gasteiger partial charge is 0.374 e. The number of ether oxygens (including phenoxy) is 1. The highest BCUT2D eigenvalue weighted by Gasteiger charge is 2.71. The maximum absolute atomic E-state index is 11.9. The maximum Gasteiger partial charge on any atom is 0.197 e. The lowest BCUT2D eigenvalue weighted by atomic mass is 10.0. The van der Waals surface area contributed by atoms with Crippen molar-refractivity contribution in [2.45, 2.75) is 35.2 Å². The number of hydrogen-bond donors (Lipinski definition) is 0. The summed E-state index contributed by atoms with van der Waals surface area (Å²) in [6, 6.07) is 0. The van der Waals surface area contributed by atoms with Crippen molar-refractivity contribution in [3.8, 4) is 0 Å². The van der Waals surface area contributed by atoms with Gasteiger partial charge in [0.1, 0.15) is 6.10 Å². The lowest BCUT2D eigenvalue weighted by molar-refractivity contribution is -0.00533. The van der Waals surface area contributed by atoms with E-state index in [1.54, 1.807) is 0 Å². The standard InChI is InChI=1S/C8H14O5S2/c1-8(14(2,9)10)7-6(15(8,11)12)4-3-5-13-7/h6-7H,3-5H2,1-2H3/t6-,7+,8+/m0/s1. The van der Waals surface area contributed by atoms with Crippen LogP contribution < -0.4 is 0 Å². The minimum Gasteiger partial charge on any atom is -0.374 e. The Morgan fingerprint density at radius 3 is 2.53 bits per heavy atom. The molecule has 0 amide bonds. The van der Waals surface area contributed by atoms with E-state index in [-0.39, 0.29) is 0 Å². The highest BCUT2D eigenvalue weighted by atomic mass is 32.3. The molecule has 7 heteroatoms. The van der Waals surface area contributed by atoms with E-state index in [1.165, 1.54) is 6.92 Å². The molecule has 2 aliphatic rings. The summed E-state index contributed by atoms with van der Waals surface area (Å²) in [5, 5.41) is -0.619. The van der Waals surface area contributed by atoms with Crippen LogP contribution in [-0.2, 0) is 24.4 Å². The second-order valence-electron chi connectivity index (χ2n) is 4.31. The molecule has 2 saturated heterocycles. The van der Waals surface area contributed by atoms with Crippen molar-refractivity contribution in [1.29, 1.82) is 0 Å². The fourth-order valence-electron chi connectivity index (χ4n) is 2.37. The van der Waals surface area contributed by atoms with Gasteiger partial charge in [-0.05, 0) is 19.8 Å². The molecule has 0 saturated carbocycles. The highest BCUT2D eigenvalue weighted by Crippen LogP contribution is 2.49.